The lowest BCUT2D eigenvalue weighted by atomic mass is 10.1. The Bertz CT molecular complexity index is 977. The molecule has 0 unspecified atom stereocenters. The summed E-state index contributed by atoms with van der Waals surface area (Å²) in [4.78, 5) is 12.0. The van der Waals surface area contributed by atoms with E-state index in [0.717, 1.165) is 47.1 Å². The number of nitrogens with zero attached hydrogens (tertiary/aromatic N) is 3. The molecule has 0 radical (unpaired) electrons. The maximum absolute atomic E-state index is 13.6. The Hall–Kier alpha value is -2.94. The smallest absolute Gasteiger partial charge is 0.234 e. The predicted molar refractivity (Wildman–Crippen MR) is 103 cm³/mol. The summed E-state index contributed by atoms with van der Waals surface area (Å²) in [6, 6.07) is 10.5. The summed E-state index contributed by atoms with van der Waals surface area (Å²) in [5, 5.41) is 11.2. The van der Waals surface area contributed by atoms with Crippen molar-refractivity contribution in [2.45, 2.75) is 11.6 Å². The molecule has 146 valence electrons. The highest BCUT2D eigenvalue weighted by molar-refractivity contribution is 7.99. The number of methoxy groups -OCH3 is 1. The first-order chi connectivity index (χ1) is 13.5. The minimum atomic E-state index is -0.694. The average Bonchev–Trinajstić information content (AvgIpc) is 3.03. The highest BCUT2D eigenvalue weighted by atomic mass is 32.2. The molecular weight excluding hydrogens is 386 g/mol. The van der Waals surface area contributed by atoms with Gasteiger partial charge in [0, 0.05) is 19.5 Å². The monoisotopic (exact) mass is 404 g/mol. The van der Waals surface area contributed by atoms with E-state index in [2.05, 4.69) is 15.5 Å². The standard InChI is InChI=1S/C19H18F2N4O2S/c1-25-17(9-12-3-6-14(27-2)7-4-12)23-24-19(25)28-11-18(26)22-16-10-13(20)5-8-15(16)21/h3-8,10H,9,11H2,1-2H3,(H,22,26). The number of carbonyl (C=O) groups excluding carboxylic acids is 1. The lowest BCUT2D eigenvalue weighted by molar-refractivity contribution is -0.113. The van der Waals surface area contributed by atoms with Crippen LogP contribution in [0.4, 0.5) is 14.5 Å². The third-order valence-corrected chi connectivity index (χ3v) is 5.00. The van der Waals surface area contributed by atoms with Gasteiger partial charge in [-0.25, -0.2) is 8.78 Å². The fraction of sp³-hybridized carbons (Fsp3) is 0.211. The van der Waals surface area contributed by atoms with Gasteiger partial charge in [0.25, 0.3) is 0 Å². The molecule has 3 aromatic rings. The number of aromatic nitrogens is 3. The van der Waals surface area contributed by atoms with Crippen LogP contribution in [0.5, 0.6) is 5.75 Å². The molecule has 0 aliphatic carbocycles. The van der Waals surface area contributed by atoms with Gasteiger partial charge >= 0.3 is 0 Å². The van der Waals surface area contributed by atoms with Crippen LogP contribution in [0.2, 0.25) is 0 Å². The van der Waals surface area contributed by atoms with Crippen molar-refractivity contribution in [1.29, 1.82) is 0 Å². The maximum Gasteiger partial charge on any atom is 0.234 e. The second-order valence-corrected chi connectivity index (χ2v) is 6.89. The van der Waals surface area contributed by atoms with Gasteiger partial charge in [0.1, 0.15) is 23.2 Å². The molecule has 0 aliphatic heterocycles. The largest absolute Gasteiger partial charge is 0.497 e. The van der Waals surface area contributed by atoms with E-state index in [9.17, 15) is 13.6 Å². The van der Waals surface area contributed by atoms with Gasteiger partial charge in [0.2, 0.25) is 5.91 Å². The van der Waals surface area contributed by atoms with Crippen molar-refractivity contribution >= 4 is 23.4 Å². The number of benzene rings is 2. The Balaban J connectivity index is 1.59. The van der Waals surface area contributed by atoms with E-state index >= 15 is 0 Å². The van der Waals surface area contributed by atoms with Crippen LogP contribution in [0.1, 0.15) is 11.4 Å². The van der Waals surface area contributed by atoms with E-state index in [0.29, 0.717) is 11.6 Å². The molecule has 28 heavy (non-hydrogen) atoms. The van der Waals surface area contributed by atoms with Gasteiger partial charge in [-0.3, -0.25) is 4.79 Å². The molecule has 0 saturated heterocycles. The molecule has 3 rings (SSSR count). The third kappa shape index (κ3) is 4.86. The average molecular weight is 404 g/mol. The van der Waals surface area contributed by atoms with Crippen molar-refractivity contribution in [1.82, 2.24) is 14.8 Å². The molecule has 0 spiro atoms. The third-order valence-electron chi connectivity index (χ3n) is 3.98. The minimum Gasteiger partial charge on any atom is -0.497 e. The van der Waals surface area contributed by atoms with E-state index in [1.54, 1.807) is 11.7 Å². The van der Waals surface area contributed by atoms with Gasteiger partial charge < -0.3 is 14.6 Å². The Morgan fingerprint density at radius 3 is 2.64 bits per heavy atom. The van der Waals surface area contributed by atoms with Gasteiger partial charge in [-0.05, 0) is 29.8 Å². The first-order valence-corrected chi connectivity index (χ1v) is 9.33. The van der Waals surface area contributed by atoms with Crippen LogP contribution in [0, 0.1) is 11.6 Å². The number of nitrogens with one attached hydrogen (secondary N) is 1. The van der Waals surface area contributed by atoms with Crippen molar-refractivity contribution in [2.75, 3.05) is 18.2 Å². The fourth-order valence-electron chi connectivity index (χ4n) is 2.46. The summed E-state index contributed by atoms with van der Waals surface area (Å²) in [5.41, 5.74) is 0.857. The van der Waals surface area contributed by atoms with E-state index in [4.69, 9.17) is 4.74 Å². The number of halogens is 2. The van der Waals surface area contributed by atoms with Crippen molar-refractivity contribution in [3.8, 4) is 5.75 Å². The zero-order valence-electron chi connectivity index (χ0n) is 15.3. The fourth-order valence-corrected chi connectivity index (χ4v) is 3.19. The number of anilines is 1. The molecule has 1 aromatic heterocycles. The molecule has 0 bridgehead atoms. The number of hydrogen-bond donors (Lipinski definition) is 1. The highest BCUT2D eigenvalue weighted by Crippen LogP contribution is 2.20. The van der Waals surface area contributed by atoms with Gasteiger partial charge in [0.05, 0.1) is 18.6 Å². The van der Waals surface area contributed by atoms with E-state index in [1.807, 2.05) is 31.3 Å². The van der Waals surface area contributed by atoms with Crippen molar-refractivity contribution < 1.29 is 18.3 Å². The van der Waals surface area contributed by atoms with Gasteiger partial charge in [-0.15, -0.1) is 10.2 Å². The quantitative estimate of drug-likeness (QED) is 0.611. The Morgan fingerprint density at radius 2 is 1.93 bits per heavy atom. The Morgan fingerprint density at radius 1 is 1.18 bits per heavy atom. The molecule has 0 saturated carbocycles. The molecular formula is C19H18F2N4O2S. The van der Waals surface area contributed by atoms with Crippen LogP contribution in [-0.2, 0) is 18.3 Å². The normalized spacial score (nSPS) is 10.7. The van der Waals surface area contributed by atoms with Crippen LogP contribution >= 0.6 is 11.8 Å². The zero-order chi connectivity index (χ0) is 20.1. The Kier molecular flexibility index (Phi) is 6.25. The summed E-state index contributed by atoms with van der Waals surface area (Å²) in [5.74, 6) is -0.275. The topological polar surface area (TPSA) is 69.0 Å². The van der Waals surface area contributed by atoms with Crippen LogP contribution in [0.25, 0.3) is 0 Å². The number of carbonyl (C=O) groups is 1. The molecule has 9 heteroatoms. The summed E-state index contributed by atoms with van der Waals surface area (Å²) in [6.45, 7) is 0. The molecule has 1 heterocycles. The van der Waals surface area contributed by atoms with Gasteiger partial charge in [0.15, 0.2) is 5.16 Å². The number of ether oxygens (including phenoxy) is 1. The molecule has 0 fully saturated rings. The summed E-state index contributed by atoms with van der Waals surface area (Å²) in [6.07, 6.45) is 0.578. The van der Waals surface area contributed by atoms with Gasteiger partial charge in [-0.1, -0.05) is 23.9 Å². The van der Waals surface area contributed by atoms with Crippen LogP contribution < -0.4 is 10.1 Å². The molecule has 0 aliphatic rings. The minimum absolute atomic E-state index is 0.00946. The van der Waals surface area contributed by atoms with Crippen LogP contribution in [-0.4, -0.2) is 33.5 Å². The SMILES string of the molecule is COc1ccc(Cc2nnc(SCC(=O)Nc3cc(F)ccc3F)n2C)cc1. The number of thioether (sulfide) groups is 1. The maximum atomic E-state index is 13.6. The number of hydrogen-bond acceptors (Lipinski definition) is 5. The Labute approximate surface area is 164 Å². The number of rotatable bonds is 7. The molecule has 1 amide bonds. The van der Waals surface area contributed by atoms with E-state index in [-0.39, 0.29) is 11.4 Å². The first kappa shape index (κ1) is 19.8. The van der Waals surface area contributed by atoms with E-state index < -0.39 is 17.5 Å². The highest BCUT2D eigenvalue weighted by Gasteiger charge is 2.13. The summed E-state index contributed by atoms with van der Waals surface area (Å²) < 4.78 is 33.7. The zero-order valence-corrected chi connectivity index (χ0v) is 16.1. The lowest BCUT2D eigenvalue weighted by Crippen LogP contribution is -2.15. The van der Waals surface area contributed by atoms with Crippen molar-refractivity contribution in [3.63, 3.8) is 0 Å². The molecule has 1 N–H and O–H groups in total. The molecule has 2 aromatic carbocycles. The van der Waals surface area contributed by atoms with Crippen molar-refractivity contribution in [2.24, 2.45) is 7.05 Å². The second-order valence-electron chi connectivity index (χ2n) is 5.94. The summed E-state index contributed by atoms with van der Waals surface area (Å²) >= 11 is 1.16. The van der Waals surface area contributed by atoms with Crippen LogP contribution in [0.3, 0.4) is 0 Å². The first-order valence-electron chi connectivity index (χ1n) is 8.35. The van der Waals surface area contributed by atoms with E-state index in [1.165, 1.54) is 0 Å². The molecule has 0 atom stereocenters. The second kappa shape index (κ2) is 8.83. The van der Waals surface area contributed by atoms with Crippen molar-refractivity contribution in [3.05, 3.63) is 65.5 Å². The number of amides is 1. The van der Waals surface area contributed by atoms with Crippen LogP contribution in [0.15, 0.2) is 47.6 Å². The predicted octanol–water partition coefficient (Wildman–Crippen LogP) is 3.42. The summed E-state index contributed by atoms with van der Waals surface area (Å²) in [7, 11) is 3.42. The molecule has 6 nitrogen and oxygen atoms in total. The lowest BCUT2D eigenvalue weighted by Gasteiger charge is -2.07. The van der Waals surface area contributed by atoms with Gasteiger partial charge in [-0.2, -0.15) is 0 Å².